The monoisotopic (exact) mass is 340 g/mol. The summed E-state index contributed by atoms with van der Waals surface area (Å²) in [7, 11) is 1.51. The summed E-state index contributed by atoms with van der Waals surface area (Å²) < 4.78 is 5.03. The maximum absolute atomic E-state index is 11.8. The Morgan fingerprint density at radius 3 is 2.70 bits per heavy atom. The second-order valence-corrected chi connectivity index (χ2v) is 5.56. The summed E-state index contributed by atoms with van der Waals surface area (Å²) in [6.07, 6.45) is 0. The molecule has 2 rings (SSSR count). The average molecular weight is 341 g/mol. The molecule has 0 spiro atoms. The Kier molecular flexibility index (Phi) is 6.64. The Morgan fingerprint density at radius 2 is 2.04 bits per heavy atom. The molecular weight excluding hydrogens is 320 g/mol. The van der Waals surface area contributed by atoms with Crippen molar-refractivity contribution >= 4 is 29.1 Å². The third-order valence-corrected chi connectivity index (χ3v) is 3.83. The lowest BCUT2D eigenvalue weighted by atomic mass is 10.3. The van der Waals surface area contributed by atoms with Crippen molar-refractivity contribution in [3.63, 3.8) is 0 Å². The fraction of sp³-hybridized carbons (Fsp3) is 0.467. The molecule has 126 valence electrons. The number of benzene rings is 1. The lowest BCUT2D eigenvalue weighted by molar-refractivity contribution is -0.136. The molecule has 0 bridgehead atoms. The van der Waals surface area contributed by atoms with Gasteiger partial charge >= 0.3 is 11.8 Å². The van der Waals surface area contributed by atoms with Crippen LogP contribution in [0.4, 0.5) is 5.69 Å². The number of carbonyl (C=O) groups excluding carboxylic acids is 2. The van der Waals surface area contributed by atoms with Crippen molar-refractivity contribution in [2.24, 2.45) is 0 Å². The summed E-state index contributed by atoms with van der Waals surface area (Å²) in [6, 6.07) is 4.78. The summed E-state index contributed by atoms with van der Waals surface area (Å²) in [5, 5.41) is 8.75. The minimum Gasteiger partial charge on any atom is -0.495 e. The quantitative estimate of drug-likeness (QED) is 0.672. The largest absolute Gasteiger partial charge is 0.495 e. The van der Waals surface area contributed by atoms with Crippen LogP contribution in [0.25, 0.3) is 0 Å². The van der Waals surface area contributed by atoms with Crippen LogP contribution in [0.1, 0.15) is 0 Å². The second kappa shape index (κ2) is 8.71. The lowest BCUT2D eigenvalue weighted by Crippen LogP contribution is -2.47. The van der Waals surface area contributed by atoms with Crippen molar-refractivity contribution in [3.8, 4) is 5.75 Å². The summed E-state index contributed by atoms with van der Waals surface area (Å²) in [5.74, 6) is -0.872. The molecule has 1 heterocycles. The standard InChI is InChI=1S/C15H21ClN4O3/c1-23-13-3-2-11(10-12(13)16)19-15(22)14(21)18-6-9-20-7-4-17-5-8-20/h2-3,10,17H,4-9H2,1H3,(H,18,21)(H,19,22). The number of amides is 2. The van der Waals surface area contributed by atoms with Gasteiger partial charge in [-0.15, -0.1) is 0 Å². The number of methoxy groups -OCH3 is 1. The first kappa shape index (κ1) is 17.5. The third kappa shape index (κ3) is 5.38. The molecule has 1 aliphatic rings. The maximum Gasteiger partial charge on any atom is 0.313 e. The molecule has 1 aromatic rings. The van der Waals surface area contributed by atoms with E-state index in [1.807, 2.05) is 0 Å². The van der Waals surface area contributed by atoms with Crippen LogP contribution in [0.5, 0.6) is 5.75 Å². The van der Waals surface area contributed by atoms with Crippen molar-refractivity contribution in [1.29, 1.82) is 0 Å². The van der Waals surface area contributed by atoms with Gasteiger partial charge in [0.2, 0.25) is 0 Å². The minimum absolute atomic E-state index is 0.365. The zero-order chi connectivity index (χ0) is 16.7. The molecule has 0 radical (unpaired) electrons. The van der Waals surface area contributed by atoms with Crippen LogP contribution in [0.3, 0.4) is 0 Å². The fourth-order valence-corrected chi connectivity index (χ4v) is 2.53. The number of piperazine rings is 1. The van der Waals surface area contributed by atoms with Crippen LogP contribution >= 0.6 is 11.6 Å². The van der Waals surface area contributed by atoms with Gasteiger partial charge in [-0.05, 0) is 18.2 Å². The Hall–Kier alpha value is -1.83. The molecule has 3 N–H and O–H groups in total. The Balaban J connectivity index is 1.76. The fourth-order valence-electron chi connectivity index (χ4n) is 2.27. The van der Waals surface area contributed by atoms with E-state index < -0.39 is 11.8 Å². The summed E-state index contributed by atoms with van der Waals surface area (Å²) in [4.78, 5) is 25.9. The van der Waals surface area contributed by atoms with Gasteiger partial charge in [0, 0.05) is 45.0 Å². The highest BCUT2D eigenvalue weighted by Crippen LogP contribution is 2.27. The van der Waals surface area contributed by atoms with Crippen molar-refractivity contribution < 1.29 is 14.3 Å². The molecule has 0 aliphatic carbocycles. The number of carbonyl (C=O) groups is 2. The third-order valence-electron chi connectivity index (χ3n) is 3.54. The molecule has 1 fully saturated rings. The number of anilines is 1. The van der Waals surface area contributed by atoms with Crippen LogP contribution in [-0.2, 0) is 9.59 Å². The van der Waals surface area contributed by atoms with Crippen LogP contribution in [0, 0.1) is 0 Å². The van der Waals surface area contributed by atoms with Crippen LogP contribution in [0.2, 0.25) is 5.02 Å². The maximum atomic E-state index is 11.8. The van der Waals surface area contributed by atoms with Crippen LogP contribution in [0.15, 0.2) is 18.2 Å². The predicted octanol–water partition coefficient (Wildman–Crippen LogP) is 0.309. The molecule has 8 heteroatoms. The molecule has 0 saturated carbocycles. The molecule has 1 saturated heterocycles. The molecule has 0 atom stereocenters. The first-order valence-electron chi connectivity index (χ1n) is 7.46. The smallest absolute Gasteiger partial charge is 0.313 e. The zero-order valence-electron chi connectivity index (χ0n) is 13.0. The van der Waals surface area contributed by atoms with E-state index in [-0.39, 0.29) is 0 Å². The van der Waals surface area contributed by atoms with Crippen molar-refractivity contribution in [2.75, 3.05) is 51.7 Å². The second-order valence-electron chi connectivity index (χ2n) is 5.15. The normalized spacial score (nSPS) is 15.0. The van der Waals surface area contributed by atoms with Gasteiger partial charge in [0.05, 0.1) is 12.1 Å². The topological polar surface area (TPSA) is 82.7 Å². The van der Waals surface area contributed by atoms with Gasteiger partial charge in [0.15, 0.2) is 0 Å². The summed E-state index contributed by atoms with van der Waals surface area (Å²) in [5.41, 5.74) is 0.443. The molecule has 7 nitrogen and oxygen atoms in total. The molecular formula is C15H21ClN4O3. The number of hydrogen-bond donors (Lipinski definition) is 3. The average Bonchev–Trinajstić information content (AvgIpc) is 2.56. The highest BCUT2D eigenvalue weighted by atomic mass is 35.5. The minimum atomic E-state index is -0.716. The van der Waals surface area contributed by atoms with E-state index in [0.29, 0.717) is 23.0 Å². The number of nitrogens with one attached hydrogen (secondary N) is 3. The number of halogens is 1. The van der Waals surface area contributed by atoms with E-state index in [0.717, 1.165) is 32.7 Å². The molecule has 1 aliphatic heterocycles. The van der Waals surface area contributed by atoms with Crippen molar-refractivity contribution in [3.05, 3.63) is 23.2 Å². The Labute approximate surface area is 140 Å². The Morgan fingerprint density at radius 1 is 1.30 bits per heavy atom. The molecule has 2 amide bonds. The van der Waals surface area contributed by atoms with Crippen LogP contribution in [-0.4, -0.2) is 63.1 Å². The molecule has 0 unspecified atom stereocenters. The zero-order valence-corrected chi connectivity index (χ0v) is 13.8. The first-order valence-corrected chi connectivity index (χ1v) is 7.83. The highest BCUT2D eigenvalue weighted by molar-refractivity contribution is 6.40. The number of nitrogens with zero attached hydrogens (tertiary/aromatic N) is 1. The van der Waals surface area contributed by atoms with E-state index in [4.69, 9.17) is 16.3 Å². The van der Waals surface area contributed by atoms with E-state index in [1.54, 1.807) is 12.1 Å². The molecule has 23 heavy (non-hydrogen) atoms. The number of hydrogen-bond acceptors (Lipinski definition) is 5. The van der Waals surface area contributed by atoms with Gasteiger partial charge in [-0.1, -0.05) is 11.6 Å². The highest BCUT2D eigenvalue weighted by Gasteiger charge is 2.15. The van der Waals surface area contributed by atoms with Crippen LogP contribution < -0.4 is 20.7 Å². The Bertz CT molecular complexity index is 562. The van der Waals surface area contributed by atoms with E-state index in [2.05, 4.69) is 20.9 Å². The lowest BCUT2D eigenvalue weighted by Gasteiger charge is -2.26. The first-order chi connectivity index (χ1) is 11.1. The number of ether oxygens (including phenoxy) is 1. The van der Waals surface area contributed by atoms with E-state index >= 15 is 0 Å². The van der Waals surface area contributed by atoms with Crippen molar-refractivity contribution in [1.82, 2.24) is 15.5 Å². The predicted molar refractivity (Wildman–Crippen MR) is 89.0 cm³/mol. The van der Waals surface area contributed by atoms with E-state index in [9.17, 15) is 9.59 Å². The van der Waals surface area contributed by atoms with Gasteiger partial charge in [-0.3, -0.25) is 14.5 Å². The number of rotatable bonds is 5. The van der Waals surface area contributed by atoms with Crippen molar-refractivity contribution in [2.45, 2.75) is 0 Å². The SMILES string of the molecule is COc1ccc(NC(=O)C(=O)NCCN2CCNCC2)cc1Cl. The van der Waals surface area contributed by atoms with Gasteiger partial charge in [-0.2, -0.15) is 0 Å². The van der Waals surface area contributed by atoms with Gasteiger partial charge < -0.3 is 20.7 Å². The molecule has 1 aromatic carbocycles. The van der Waals surface area contributed by atoms with Gasteiger partial charge in [-0.25, -0.2) is 0 Å². The molecule has 0 aromatic heterocycles. The van der Waals surface area contributed by atoms with Gasteiger partial charge in [0.25, 0.3) is 0 Å². The van der Waals surface area contributed by atoms with E-state index in [1.165, 1.54) is 13.2 Å². The summed E-state index contributed by atoms with van der Waals surface area (Å²) in [6.45, 7) is 4.98. The van der Waals surface area contributed by atoms with Gasteiger partial charge in [0.1, 0.15) is 5.75 Å². The summed E-state index contributed by atoms with van der Waals surface area (Å²) >= 11 is 5.97.